The number of aliphatic hydroxyl groups excluding tert-OH is 7. The lowest BCUT2D eigenvalue weighted by Crippen LogP contribution is -2.60. The van der Waals surface area contributed by atoms with E-state index in [2.05, 4.69) is 19.2 Å². The molecule has 0 aromatic heterocycles. The quantitative estimate of drug-likeness (QED) is 0.0283. The van der Waals surface area contributed by atoms with Crippen molar-refractivity contribution in [2.24, 2.45) is 0 Å². The van der Waals surface area contributed by atoms with E-state index in [9.17, 15) is 40.5 Å². The van der Waals surface area contributed by atoms with E-state index < -0.39 is 74.2 Å². The van der Waals surface area contributed by atoms with Crippen molar-refractivity contribution in [1.29, 1.82) is 0 Å². The molecule has 0 bridgehead atoms. The maximum atomic E-state index is 13.1. The van der Waals surface area contributed by atoms with Crippen molar-refractivity contribution in [3.8, 4) is 0 Å². The van der Waals surface area contributed by atoms with Gasteiger partial charge in [0.25, 0.3) is 0 Å². The molecule has 11 heteroatoms. The first-order chi connectivity index (χ1) is 27.7. The highest BCUT2D eigenvalue weighted by Gasteiger charge is 2.44. The maximum Gasteiger partial charge on any atom is 0.249 e. The van der Waals surface area contributed by atoms with Crippen LogP contribution < -0.4 is 5.32 Å². The largest absolute Gasteiger partial charge is 0.394 e. The number of unbranched alkanes of at least 4 members (excludes halogenated alkanes) is 28. The van der Waals surface area contributed by atoms with Crippen LogP contribution in [0.2, 0.25) is 0 Å². The average molecular weight is 818 g/mol. The molecule has 0 saturated carbocycles. The fraction of sp³-hybridized carbons (Fsp3) is 0.978. The Kier molecular flexibility index (Phi) is 35.1. The third-order valence-corrected chi connectivity index (χ3v) is 11.9. The highest BCUT2D eigenvalue weighted by molar-refractivity contribution is 5.80. The van der Waals surface area contributed by atoms with Crippen LogP contribution in [0.4, 0.5) is 0 Å². The topological polar surface area (TPSA) is 189 Å². The summed E-state index contributed by atoms with van der Waals surface area (Å²) in [4.78, 5) is 13.1. The van der Waals surface area contributed by atoms with Gasteiger partial charge >= 0.3 is 0 Å². The number of amides is 1. The average Bonchev–Trinajstić information content (AvgIpc) is 3.21. The number of rotatable bonds is 40. The molecule has 1 saturated heterocycles. The zero-order valence-corrected chi connectivity index (χ0v) is 36.6. The van der Waals surface area contributed by atoms with Crippen LogP contribution >= 0.6 is 0 Å². The third-order valence-electron chi connectivity index (χ3n) is 11.9. The highest BCUT2D eigenvalue weighted by Crippen LogP contribution is 2.23. The maximum absolute atomic E-state index is 13.1. The van der Waals surface area contributed by atoms with E-state index in [1.807, 2.05) is 0 Å². The Balaban J connectivity index is 2.43. The van der Waals surface area contributed by atoms with E-state index in [4.69, 9.17) is 9.47 Å². The first kappa shape index (κ1) is 54.1. The zero-order valence-electron chi connectivity index (χ0n) is 36.6. The van der Waals surface area contributed by atoms with Crippen molar-refractivity contribution in [2.45, 2.75) is 274 Å². The molecule has 8 N–H and O–H groups in total. The molecule has 1 aliphatic heterocycles. The minimum atomic E-state index is -1.66. The number of nitrogens with one attached hydrogen (secondary N) is 1. The molecule has 0 unspecified atom stereocenters. The van der Waals surface area contributed by atoms with Crippen LogP contribution in [0, 0.1) is 0 Å². The molecule has 11 nitrogen and oxygen atoms in total. The molecule has 0 spiro atoms. The molecule has 1 fully saturated rings. The van der Waals surface area contributed by atoms with Crippen LogP contribution in [0.15, 0.2) is 0 Å². The lowest BCUT2D eigenvalue weighted by atomic mass is 9.98. The van der Waals surface area contributed by atoms with Crippen LogP contribution in [-0.4, -0.2) is 110 Å². The summed E-state index contributed by atoms with van der Waals surface area (Å²) in [7, 11) is 0. The lowest BCUT2D eigenvalue weighted by molar-refractivity contribution is -0.303. The van der Waals surface area contributed by atoms with Crippen LogP contribution in [-0.2, 0) is 14.3 Å². The van der Waals surface area contributed by atoms with Gasteiger partial charge in [0.1, 0.15) is 36.6 Å². The van der Waals surface area contributed by atoms with Crippen molar-refractivity contribution in [1.82, 2.24) is 5.32 Å². The van der Waals surface area contributed by atoms with Gasteiger partial charge < -0.3 is 50.5 Å². The molecule has 340 valence electrons. The second kappa shape index (κ2) is 36.9. The number of hydrogen-bond donors (Lipinski definition) is 8. The van der Waals surface area contributed by atoms with E-state index in [1.165, 1.54) is 141 Å². The minimum Gasteiger partial charge on any atom is -0.394 e. The van der Waals surface area contributed by atoms with E-state index in [0.29, 0.717) is 19.3 Å². The number of aliphatic hydroxyl groups is 7. The molecule has 9 atom stereocenters. The van der Waals surface area contributed by atoms with Crippen molar-refractivity contribution in [3.63, 3.8) is 0 Å². The fourth-order valence-electron chi connectivity index (χ4n) is 7.91. The van der Waals surface area contributed by atoms with Crippen LogP contribution in [0.1, 0.15) is 219 Å². The molecule has 0 aliphatic carbocycles. The summed E-state index contributed by atoms with van der Waals surface area (Å²) >= 11 is 0. The van der Waals surface area contributed by atoms with Gasteiger partial charge in [0.15, 0.2) is 6.29 Å². The van der Waals surface area contributed by atoms with Gasteiger partial charge in [-0.05, 0) is 12.8 Å². The monoisotopic (exact) mass is 818 g/mol. The van der Waals surface area contributed by atoms with Crippen molar-refractivity contribution < 1.29 is 50.0 Å². The summed E-state index contributed by atoms with van der Waals surface area (Å²) in [5.74, 6) is -0.693. The predicted molar refractivity (Wildman–Crippen MR) is 229 cm³/mol. The molecule has 1 rings (SSSR count). The molecule has 1 aliphatic rings. The first-order valence-corrected chi connectivity index (χ1v) is 23.9. The Bertz CT molecular complexity index is 897. The second-order valence-electron chi connectivity index (χ2n) is 17.2. The van der Waals surface area contributed by atoms with Crippen LogP contribution in [0.3, 0.4) is 0 Å². The normalized spacial score (nSPS) is 22.0. The van der Waals surface area contributed by atoms with Crippen molar-refractivity contribution in [3.05, 3.63) is 0 Å². The molecular weight excluding hydrogens is 727 g/mol. The van der Waals surface area contributed by atoms with Crippen molar-refractivity contribution in [2.75, 3.05) is 13.2 Å². The third kappa shape index (κ3) is 26.8. The van der Waals surface area contributed by atoms with E-state index in [-0.39, 0.29) is 6.42 Å². The van der Waals surface area contributed by atoms with Gasteiger partial charge in [-0.15, -0.1) is 0 Å². The summed E-state index contributed by atoms with van der Waals surface area (Å²) < 4.78 is 11.1. The van der Waals surface area contributed by atoms with Gasteiger partial charge in [0, 0.05) is 0 Å². The minimum absolute atomic E-state index is 0.266. The zero-order chi connectivity index (χ0) is 41.9. The lowest BCUT2D eigenvalue weighted by Gasteiger charge is -2.40. The fourth-order valence-corrected chi connectivity index (χ4v) is 7.91. The first-order valence-electron chi connectivity index (χ1n) is 23.9. The van der Waals surface area contributed by atoms with E-state index in [1.54, 1.807) is 0 Å². The Morgan fingerprint density at radius 3 is 1.30 bits per heavy atom. The predicted octanol–water partition coefficient (Wildman–Crippen LogP) is 7.89. The van der Waals surface area contributed by atoms with Crippen molar-refractivity contribution >= 4 is 5.91 Å². The summed E-state index contributed by atoms with van der Waals surface area (Å²) in [6.45, 7) is 3.45. The smallest absolute Gasteiger partial charge is 0.249 e. The Labute approximate surface area is 348 Å². The molecule has 1 amide bonds. The summed E-state index contributed by atoms with van der Waals surface area (Å²) in [5, 5.41) is 75.7. The summed E-state index contributed by atoms with van der Waals surface area (Å²) in [5.41, 5.74) is 0. The summed E-state index contributed by atoms with van der Waals surface area (Å²) in [6, 6.07) is -1.16. The van der Waals surface area contributed by atoms with Crippen LogP contribution in [0.5, 0.6) is 0 Å². The second-order valence-corrected chi connectivity index (χ2v) is 17.2. The van der Waals surface area contributed by atoms with Gasteiger partial charge in [-0.25, -0.2) is 0 Å². The van der Waals surface area contributed by atoms with E-state index >= 15 is 0 Å². The summed E-state index contributed by atoms with van der Waals surface area (Å²) in [6.07, 6.45) is 25.7. The molecule has 0 radical (unpaired) electrons. The van der Waals surface area contributed by atoms with E-state index in [0.717, 1.165) is 38.5 Å². The highest BCUT2D eigenvalue weighted by atomic mass is 16.7. The van der Waals surface area contributed by atoms with Gasteiger partial charge in [0.2, 0.25) is 5.91 Å². The standard InChI is InChI=1S/C46H91NO10/c1-3-5-7-9-11-13-15-17-19-20-22-24-26-28-30-32-34-39(50)45(55)47-37(36-56-46-44(54)43(53)42(52)40(35-48)57-46)41(51)38(49)33-31-29-27-25-23-21-18-16-14-12-10-8-6-4-2/h37-44,46,48-54H,3-36H2,1-2H3,(H,47,55)/t37-,38+,39+,40+,41-,42-,43-,44+,46-/m0/s1. The SMILES string of the molecule is CCCCCCCCCCCCCCCCCC[C@@H](O)C(=O)N[C@@H](CO[C@H]1O[C@H](CO)[C@H](O)[C@H](O)[C@H]1O)[C@H](O)[C@H](O)CCCCCCCCCCCCCCCC. The molecular formula is C46H91NO10. The molecule has 57 heavy (non-hydrogen) atoms. The Morgan fingerprint density at radius 1 is 0.544 bits per heavy atom. The Morgan fingerprint density at radius 2 is 0.912 bits per heavy atom. The molecule has 1 heterocycles. The molecule has 0 aromatic rings. The number of carbonyl (C=O) groups excluding carboxylic acids is 1. The van der Waals surface area contributed by atoms with Gasteiger partial charge in [-0.1, -0.05) is 206 Å². The number of hydrogen-bond acceptors (Lipinski definition) is 10. The van der Waals surface area contributed by atoms with Gasteiger partial charge in [0.05, 0.1) is 25.4 Å². The Hall–Kier alpha value is -0.890. The van der Waals surface area contributed by atoms with Crippen LogP contribution in [0.25, 0.3) is 0 Å². The molecule has 0 aromatic carbocycles. The number of ether oxygens (including phenoxy) is 2. The number of carbonyl (C=O) groups is 1. The van der Waals surface area contributed by atoms with Gasteiger partial charge in [-0.2, -0.15) is 0 Å². The van der Waals surface area contributed by atoms with Gasteiger partial charge in [-0.3, -0.25) is 4.79 Å².